The van der Waals surface area contributed by atoms with Gasteiger partial charge in [-0.25, -0.2) is 14.5 Å². The third-order valence-electron chi connectivity index (χ3n) is 6.36. The van der Waals surface area contributed by atoms with E-state index in [4.69, 9.17) is 27.9 Å². The molecule has 0 bridgehead atoms. The van der Waals surface area contributed by atoms with Gasteiger partial charge in [-0.05, 0) is 55.0 Å². The van der Waals surface area contributed by atoms with Crippen molar-refractivity contribution < 1.29 is 14.3 Å². The number of carbonyl (C=O) groups excluding carboxylic acids is 2. The molecular formula is C30H24Cl2N6O4. The monoisotopic (exact) mass is 602 g/mol. The first kappa shape index (κ1) is 28.7. The molecule has 1 amide bonds. The molecule has 0 saturated carbocycles. The summed E-state index contributed by atoms with van der Waals surface area (Å²) in [5.41, 5.74) is 2.64. The van der Waals surface area contributed by atoms with Crippen LogP contribution in [0.25, 0.3) is 16.9 Å². The predicted molar refractivity (Wildman–Crippen MR) is 159 cm³/mol. The summed E-state index contributed by atoms with van der Waals surface area (Å²) >= 11 is 12.2. The number of hydrogen-bond donors (Lipinski definition) is 1. The van der Waals surface area contributed by atoms with Crippen LogP contribution >= 0.6 is 23.2 Å². The largest absolute Gasteiger partial charge is 0.462 e. The Morgan fingerprint density at radius 3 is 2.43 bits per heavy atom. The highest BCUT2D eigenvalue weighted by Gasteiger charge is 2.24. The molecule has 0 aliphatic carbocycles. The van der Waals surface area contributed by atoms with Gasteiger partial charge < -0.3 is 10.1 Å². The van der Waals surface area contributed by atoms with Crippen molar-refractivity contribution in [2.75, 3.05) is 11.9 Å². The number of esters is 1. The van der Waals surface area contributed by atoms with E-state index in [1.807, 2.05) is 30.3 Å². The Labute approximate surface area is 250 Å². The molecule has 0 spiro atoms. The lowest BCUT2D eigenvalue weighted by molar-refractivity contribution is -0.119. The number of aromatic nitrogens is 5. The van der Waals surface area contributed by atoms with Crippen molar-refractivity contribution in [2.45, 2.75) is 19.4 Å². The number of carbonyl (C=O) groups is 2. The van der Waals surface area contributed by atoms with Crippen molar-refractivity contribution in [1.29, 1.82) is 0 Å². The van der Waals surface area contributed by atoms with Crippen molar-refractivity contribution in [2.24, 2.45) is 0 Å². The lowest BCUT2D eigenvalue weighted by atomic mass is 10.0. The van der Waals surface area contributed by atoms with E-state index in [-0.39, 0.29) is 18.2 Å². The van der Waals surface area contributed by atoms with E-state index in [0.29, 0.717) is 33.2 Å². The maximum absolute atomic E-state index is 13.6. The van der Waals surface area contributed by atoms with Crippen molar-refractivity contribution in [3.05, 3.63) is 123 Å². The van der Waals surface area contributed by atoms with Gasteiger partial charge in [0, 0.05) is 28.8 Å². The van der Waals surface area contributed by atoms with Gasteiger partial charge in [-0.1, -0.05) is 58.7 Å². The summed E-state index contributed by atoms with van der Waals surface area (Å²) in [5.74, 6) is -0.884. The molecule has 10 nitrogen and oxygen atoms in total. The molecular weight excluding hydrogens is 579 g/mol. The number of ether oxygens (including phenoxy) is 1. The molecule has 0 saturated heterocycles. The van der Waals surface area contributed by atoms with Crippen LogP contribution in [0.3, 0.4) is 0 Å². The zero-order valence-corrected chi connectivity index (χ0v) is 23.8. The number of amides is 1. The van der Waals surface area contributed by atoms with Crippen LogP contribution in [0.5, 0.6) is 0 Å². The Bertz CT molecular complexity index is 1790. The lowest BCUT2D eigenvalue weighted by Crippen LogP contribution is -2.34. The molecule has 0 aliphatic rings. The molecule has 0 fully saturated rings. The Hall–Kier alpha value is -4.80. The topological polar surface area (TPSA) is 121 Å². The number of nitrogens with one attached hydrogen (secondary N) is 1. The number of rotatable bonds is 9. The van der Waals surface area contributed by atoms with Crippen molar-refractivity contribution in [3.8, 4) is 16.9 Å². The van der Waals surface area contributed by atoms with Crippen molar-refractivity contribution in [3.63, 3.8) is 0 Å². The predicted octanol–water partition coefficient (Wildman–Crippen LogP) is 5.40. The molecule has 42 heavy (non-hydrogen) atoms. The normalized spacial score (nSPS) is 11.6. The minimum absolute atomic E-state index is 0.199. The summed E-state index contributed by atoms with van der Waals surface area (Å²) in [7, 11) is 0. The van der Waals surface area contributed by atoms with E-state index >= 15 is 0 Å². The molecule has 12 heteroatoms. The van der Waals surface area contributed by atoms with Gasteiger partial charge in [0.1, 0.15) is 6.04 Å². The average Bonchev–Trinajstić information content (AvgIpc) is 3.43. The highest BCUT2D eigenvalue weighted by atomic mass is 35.5. The number of hydrogen-bond acceptors (Lipinski definition) is 7. The first-order valence-corrected chi connectivity index (χ1v) is 13.7. The number of nitrogens with zero attached hydrogens (tertiary/aromatic N) is 5. The third kappa shape index (κ3) is 6.56. The van der Waals surface area contributed by atoms with Gasteiger partial charge in [-0.2, -0.15) is 0 Å². The first-order chi connectivity index (χ1) is 20.3. The average molecular weight is 603 g/mol. The quantitative estimate of drug-likeness (QED) is 0.224. The first-order valence-electron chi connectivity index (χ1n) is 12.9. The van der Waals surface area contributed by atoms with Crippen LogP contribution in [-0.4, -0.2) is 43.0 Å². The molecule has 1 N–H and O–H groups in total. The molecule has 212 valence electrons. The fourth-order valence-corrected chi connectivity index (χ4v) is 4.65. The second kappa shape index (κ2) is 12.8. The van der Waals surface area contributed by atoms with Crippen LogP contribution in [0, 0.1) is 0 Å². The number of anilines is 1. The standard InChI is InChI=1S/C30H24Cl2N6O4/c1-2-42-30(41)20-8-11-22(12-9-20)34-29(40)26(14-19-6-4-3-5-7-19)37-18-33-24(16-28(37)39)23-15-21(31)10-13-25(23)38-17-27(32)35-36-38/h3-13,15-18,26H,2,14H2,1H3,(H,34,40). The Kier molecular flexibility index (Phi) is 8.75. The van der Waals surface area contributed by atoms with Gasteiger partial charge in [0.05, 0.1) is 36.1 Å². The maximum atomic E-state index is 13.6. The molecule has 1 unspecified atom stereocenters. The van der Waals surface area contributed by atoms with Crippen molar-refractivity contribution >= 4 is 40.8 Å². The summed E-state index contributed by atoms with van der Waals surface area (Å²) in [6.45, 7) is 1.98. The zero-order valence-electron chi connectivity index (χ0n) is 22.3. The van der Waals surface area contributed by atoms with Gasteiger partial charge in [0.2, 0.25) is 5.91 Å². The fourth-order valence-electron chi connectivity index (χ4n) is 4.35. The Morgan fingerprint density at radius 2 is 1.76 bits per heavy atom. The summed E-state index contributed by atoms with van der Waals surface area (Å²) in [6, 6.07) is 21.1. The summed E-state index contributed by atoms with van der Waals surface area (Å²) < 4.78 is 7.76. The van der Waals surface area contributed by atoms with Crippen LogP contribution in [0.15, 0.2) is 96.2 Å². The minimum Gasteiger partial charge on any atom is -0.462 e. The highest BCUT2D eigenvalue weighted by Crippen LogP contribution is 2.28. The highest BCUT2D eigenvalue weighted by molar-refractivity contribution is 6.31. The third-order valence-corrected chi connectivity index (χ3v) is 6.76. The van der Waals surface area contributed by atoms with Crippen LogP contribution in [0.1, 0.15) is 28.9 Å². The molecule has 0 aliphatic heterocycles. The van der Waals surface area contributed by atoms with E-state index < -0.39 is 23.5 Å². The summed E-state index contributed by atoms with van der Waals surface area (Å²) in [5, 5.41) is 11.3. The molecule has 5 aromatic rings. The van der Waals surface area contributed by atoms with Gasteiger partial charge >= 0.3 is 5.97 Å². The molecule has 3 aromatic carbocycles. The second-order valence-electron chi connectivity index (χ2n) is 9.16. The van der Waals surface area contributed by atoms with Gasteiger partial charge in [0.15, 0.2) is 5.15 Å². The van der Waals surface area contributed by atoms with E-state index in [1.165, 1.54) is 27.8 Å². The van der Waals surface area contributed by atoms with Gasteiger partial charge in [-0.15, -0.1) is 5.10 Å². The minimum atomic E-state index is -0.931. The molecule has 2 aromatic heterocycles. The number of benzene rings is 3. The summed E-state index contributed by atoms with van der Waals surface area (Å²) in [4.78, 5) is 43.6. The second-order valence-corrected chi connectivity index (χ2v) is 9.98. The smallest absolute Gasteiger partial charge is 0.338 e. The SMILES string of the molecule is CCOC(=O)c1ccc(NC(=O)C(Cc2ccccc2)n2cnc(-c3cc(Cl)ccc3-n3cc(Cl)nn3)cc2=O)cc1. The Balaban J connectivity index is 1.48. The van der Waals surface area contributed by atoms with E-state index in [1.54, 1.807) is 49.4 Å². The summed E-state index contributed by atoms with van der Waals surface area (Å²) in [6.07, 6.45) is 3.09. The number of halogens is 2. The van der Waals surface area contributed by atoms with Crippen LogP contribution < -0.4 is 10.9 Å². The molecule has 1 atom stereocenters. The fraction of sp³-hybridized carbons (Fsp3) is 0.133. The zero-order chi connectivity index (χ0) is 29.6. The molecule has 2 heterocycles. The molecule has 5 rings (SSSR count). The Morgan fingerprint density at radius 1 is 1.00 bits per heavy atom. The van der Waals surface area contributed by atoms with E-state index in [0.717, 1.165) is 5.56 Å². The van der Waals surface area contributed by atoms with Crippen molar-refractivity contribution in [1.82, 2.24) is 24.5 Å². The van der Waals surface area contributed by atoms with E-state index in [2.05, 4.69) is 20.6 Å². The van der Waals surface area contributed by atoms with Gasteiger partial charge in [-0.3, -0.25) is 14.2 Å². The van der Waals surface area contributed by atoms with Gasteiger partial charge in [0.25, 0.3) is 5.56 Å². The maximum Gasteiger partial charge on any atom is 0.338 e. The van der Waals surface area contributed by atoms with Crippen LogP contribution in [-0.2, 0) is 16.0 Å². The molecule has 0 radical (unpaired) electrons. The van der Waals surface area contributed by atoms with Crippen LogP contribution in [0.2, 0.25) is 10.2 Å². The lowest BCUT2D eigenvalue weighted by Gasteiger charge is -2.20. The van der Waals surface area contributed by atoms with Crippen LogP contribution in [0.4, 0.5) is 5.69 Å². The van der Waals surface area contributed by atoms with E-state index in [9.17, 15) is 14.4 Å².